The molecule has 2 atom stereocenters. The van der Waals surface area contributed by atoms with E-state index in [1.807, 2.05) is 0 Å². The summed E-state index contributed by atoms with van der Waals surface area (Å²) >= 11 is 0. The maximum Gasteiger partial charge on any atom is 0.310 e. The van der Waals surface area contributed by atoms with Crippen LogP contribution in [0, 0.1) is 11.3 Å². The van der Waals surface area contributed by atoms with Gasteiger partial charge in [-0.25, -0.2) is 0 Å². The van der Waals surface area contributed by atoms with Crippen molar-refractivity contribution < 1.29 is 14.3 Å². The third-order valence-electron chi connectivity index (χ3n) is 3.49. The lowest BCUT2D eigenvalue weighted by Gasteiger charge is -2.35. The molecule has 2 fully saturated rings. The molecule has 104 valence electrons. The lowest BCUT2D eigenvalue weighted by molar-refractivity contribution is -0.139. The van der Waals surface area contributed by atoms with Crippen LogP contribution in [0.25, 0.3) is 0 Å². The van der Waals surface area contributed by atoms with Crippen LogP contribution in [0.2, 0.25) is 0 Å². The van der Waals surface area contributed by atoms with Gasteiger partial charge in [-0.05, 0) is 19.4 Å². The molecule has 2 saturated heterocycles. The molecule has 0 bridgehead atoms. The minimum atomic E-state index is -0.781. The van der Waals surface area contributed by atoms with Gasteiger partial charge < -0.3 is 15.4 Å². The molecule has 0 aromatic heterocycles. The Morgan fingerprint density at radius 3 is 2.95 bits per heavy atom. The number of morpholine rings is 1. The van der Waals surface area contributed by atoms with Crippen molar-refractivity contribution >= 4 is 11.8 Å². The summed E-state index contributed by atoms with van der Waals surface area (Å²) in [6.07, 6.45) is 2.31. The van der Waals surface area contributed by atoms with Crippen molar-refractivity contribution in [1.82, 2.24) is 15.5 Å². The molecule has 2 heterocycles. The van der Waals surface area contributed by atoms with Crippen molar-refractivity contribution in [3.05, 3.63) is 0 Å². The van der Waals surface area contributed by atoms with Gasteiger partial charge in [0.05, 0.1) is 18.8 Å². The predicted molar refractivity (Wildman–Crippen MR) is 66.0 cm³/mol. The van der Waals surface area contributed by atoms with Crippen molar-refractivity contribution in [3.8, 4) is 6.07 Å². The first-order valence-corrected chi connectivity index (χ1v) is 6.49. The Morgan fingerprint density at radius 2 is 2.16 bits per heavy atom. The van der Waals surface area contributed by atoms with Gasteiger partial charge >= 0.3 is 11.8 Å². The minimum Gasteiger partial charge on any atom is -0.373 e. The van der Waals surface area contributed by atoms with Crippen LogP contribution in [0.1, 0.15) is 12.8 Å². The summed E-state index contributed by atoms with van der Waals surface area (Å²) < 4.78 is 5.66. The van der Waals surface area contributed by atoms with Crippen molar-refractivity contribution in [2.45, 2.75) is 25.0 Å². The number of nitrogens with one attached hydrogen (secondary N) is 2. The Balaban J connectivity index is 1.69. The molecule has 19 heavy (non-hydrogen) atoms. The first kappa shape index (κ1) is 13.8. The van der Waals surface area contributed by atoms with E-state index in [1.54, 1.807) is 6.07 Å². The number of fused-ring (bicyclic) bond motifs is 1. The molecule has 0 aromatic carbocycles. The zero-order valence-electron chi connectivity index (χ0n) is 10.7. The highest BCUT2D eigenvalue weighted by molar-refractivity contribution is 6.35. The summed E-state index contributed by atoms with van der Waals surface area (Å²) in [4.78, 5) is 25.0. The van der Waals surface area contributed by atoms with Gasteiger partial charge in [0.25, 0.3) is 0 Å². The quantitative estimate of drug-likeness (QED) is 0.484. The van der Waals surface area contributed by atoms with E-state index in [-0.39, 0.29) is 12.6 Å². The van der Waals surface area contributed by atoms with Gasteiger partial charge in [-0.15, -0.1) is 0 Å². The molecular weight excluding hydrogens is 248 g/mol. The molecule has 2 aliphatic heterocycles. The number of nitrogens with zero attached hydrogens (tertiary/aromatic N) is 2. The molecule has 2 unspecified atom stereocenters. The van der Waals surface area contributed by atoms with E-state index in [0.717, 1.165) is 13.1 Å². The minimum absolute atomic E-state index is 0.0675. The SMILES string of the molecule is N#CCNC(=O)C(=O)NCC1CN2CCCC2CO1. The normalized spacial score (nSPS) is 26.3. The van der Waals surface area contributed by atoms with Gasteiger partial charge in [-0.3, -0.25) is 14.5 Å². The molecule has 2 N–H and O–H groups in total. The average molecular weight is 266 g/mol. The molecule has 0 aromatic rings. The van der Waals surface area contributed by atoms with E-state index in [2.05, 4.69) is 15.5 Å². The van der Waals surface area contributed by atoms with E-state index in [0.29, 0.717) is 19.2 Å². The fraction of sp³-hybridized carbons (Fsp3) is 0.750. The lowest BCUT2D eigenvalue weighted by Crippen LogP contribution is -2.51. The standard InChI is InChI=1S/C12H18N4O3/c13-3-4-14-11(17)12(18)15-6-10-7-16-5-1-2-9(16)8-19-10/h9-10H,1-2,4-8H2,(H,14,17)(H,15,18). The maximum atomic E-state index is 11.4. The average Bonchev–Trinajstić information content (AvgIpc) is 2.89. The summed E-state index contributed by atoms with van der Waals surface area (Å²) in [5, 5.41) is 13.0. The molecule has 7 nitrogen and oxygen atoms in total. The van der Waals surface area contributed by atoms with Crippen molar-refractivity contribution in [3.63, 3.8) is 0 Å². The predicted octanol–water partition coefficient (Wildman–Crippen LogP) is -1.39. The highest BCUT2D eigenvalue weighted by Crippen LogP contribution is 2.22. The van der Waals surface area contributed by atoms with Gasteiger partial charge in [0, 0.05) is 19.1 Å². The first-order chi connectivity index (χ1) is 9.20. The number of ether oxygens (including phenoxy) is 1. The molecular formula is C12H18N4O3. The second-order valence-electron chi connectivity index (χ2n) is 4.80. The Labute approximate surface area is 111 Å². The van der Waals surface area contributed by atoms with Gasteiger partial charge in [-0.1, -0.05) is 0 Å². The van der Waals surface area contributed by atoms with Crippen LogP contribution in [0.4, 0.5) is 0 Å². The van der Waals surface area contributed by atoms with Gasteiger partial charge in [-0.2, -0.15) is 5.26 Å². The number of hydrogen-bond donors (Lipinski definition) is 2. The smallest absolute Gasteiger partial charge is 0.310 e. The second-order valence-corrected chi connectivity index (χ2v) is 4.80. The summed E-state index contributed by atoms with van der Waals surface area (Å²) in [5.41, 5.74) is 0. The van der Waals surface area contributed by atoms with E-state index in [9.17, 15) is 9.59 Å². The molecule has 2 amide bonds. The van der Waals surface area contributed by atoms with Crippen LogP contribution in [-0.4, -0.2) is 61.6 Å². The first-order valence-electron chi connectivity index (χ1n) is 6.49. The molecule has 0 aliphatic carbocycles. The molecule has 0 spiro atoms. The maximum absolute atomic E-state index is 11.4. The van der Waals surface area contributed by atoms with Crippen LogP contribution >= 0.6 is 0 Å². The second kappa shape index (κ2) is 6.50. The molecule has 2 aliphatic rings. The summed E-state index contributed by atoms with van der Waals surface area (Å²) in [6.45, 7) is 2.73. The fourth-order valence-electron chi connectivity index (χ4n) is 2.50. The third kappa shape index (κ3) is 3.66. The van der Waals surface area contributed by atoms with Crippen molar-refractivity contribution in [2.24, 2.45) is 0 Å². The molecule has 0 radical (unpaired) electrons. The van der Waals surface area contributed by atoms with E-state index >= 15 is 0 Å². The summed E-state index contributed by atoms with van der Waals surface area (Å²) in [5.74, 6) is -1.50. The van der Waals surface area contributed by atoms with E-state index in [4.69, 9.17) is 10.00 Å². The number of rotatable bonds is 3. The number of hydrogen-bond acceptors (Lipinski definition) is 5. The third-order valence-corrected chi connectivity index (χ3v) is 3.49. The lowest BCUT2D eigenvalue weighted by atomic mass is 10.2. The Hall–Kier alpha value is -1.65. The monoisotopic (exact) mass is 266 g/mol. The number of amides is 2. The van der Waals surface area contributed by atoms with Crippen LogP contribution in [0.15, 0.2) is 0 Å². The number of carbonyl (C=O) groups is 2. The summed E-state index contributed by atoms with van der Waals surface area (Å²) in [6, 6.07) is 2.26. The number of nitriles is 1. The molecule has 0 saturated carbocycles. The van der Waals surface area contributed by atoms with E-state index < -0.39 is 11.8 Å². The Kier molecular flexibility index (Phi) is 4.71. The summed E-state index contributed by atoms with van der Waals surface area (Å²) in [7, 11) is 0. The topological polar surface area (TPSA) is 94.5 Å². The van der Waals surface area contributed by atoms with Crippen LogP contribution in [-0.2, 0) is 14.3 Å². The Bertz CT molecular complexity index is 393. The molecule has 2 rings (SSSR count). The highest BCUT2D eigenvalue weighted by Gasteiger charge is 2.32. The zero-order valence-corrected chi connectivity index (χ0v) is 10.7. The van der Waals surface area contributed by atoms with Gasteiger partial charge in [0.1, 0.15) is 6.54 Å². The van der Waals surface area contributed by atoms with Crippen molar-refractivity contribution in [2.75, 3.05) is 32.8 Å². The zero-order chi connectivity index (χ0) is 13.7. The van der Waals surface area contributed by atoms with Crippen LogP contribution in [0.3, 0.4) is 0 Å². The van der Waals surface area contributed by atoms with Gasteiger partial charge in [0.2, 0.25) is 0 Å². The largest absolute Gasteiger partial charge is 0.373 e. The van der Waals surface area contributed by atoms with Crippen LogP contribution in [0.5, 0.6) is 0 Å². The highest BCUT2D eigenvalue weighted by atomic mass is 16.5. The molecule has 7 heteroatoms. The van der Waals surface area contributed by atoms with Crippen molar-refractivity contribution in [1.29, 1.82) is 5.26 Å². The van der Waals surface area contributed by atoms with Crippen LogP contribution < -0.4 is 10.6 Å². The Morgan fingerprint density at radius 1 is 1.37 bits per heavy atom. The fourth-order valence-corrected chi connectivity index (χ4v) is 2.50. The number of carbonyl (C=O) groups excluding carboxylic acids is 2. The van der Waals surface area contributed by atoms with Gasteiger partial charge in [0.15, 0.2) is 0 Å². The van der Waals surface area contributed by atoms with E-state index in [1.165, 1.54) is 12.8 Å².